The summed E-state index contributed by atoms with van der Waals surface area (Å²) in [6.07, 6.45) is 1.02. The zero-order chi connectivity index (χ0) is 67.4. The van der Waals surface area contributed by atoms with Gasteiger partial charge in [-0.05, 0) is 204 Å². The van der Waals surface area contributed by atoms with Crippen molar-refractivity contribution in [3.8, 4) is 61.8 Å². The molecule has 22 rings (SSSR count). The maximum atomic E-state index is 5.95. The van der Waals surface area contributed by atoms with Crippen LogP contribution in [0.5, 0.6) is 0 Å². The SMILES string of the molecule is CC1(C)c2ccccc2-c2cc3c(cc21)Cc1cc2c4ccccc4c4ccccc4c2cc1-3.CC1(C)c2ccccc2-c2cc3c4cc5c6ccccc6c6ccccc6c5cc4n(-c4nc(-c5ccccc5)c5ccccc5n4)c3cc21.Clc1nc(-c2ccccc2)c2ccccc2n1. The topological polar surface area (TPSA) is 56.5 Å². The fourth-order valence-corrected chi connectivity index (χ4v) is 17.6. The normalized spacial score (nSPS) is 13.5. The number of halogens is 1. The summed E-state index contributed by atoms with van der Waals surface area (Å²) in [5.74, 6) is 0.681. The van der Waals surface area contributed by atoms with Gasteiger partial charge in [-0.1, -0.05) is 276 Å². The molecular formula is C95H64ClN5. The zero-order valence-corrected chi connectivity index (χ0v) is 56.9. The molecule has 3 aliphatic carbocycles. The van der Waals surface area contributed by atoms with Gasteiger partial charge < -0.3 is 0 Å². The van der Waals surface area contributed by atoms with Crippen LogP contribution < -0.4 is 0 Å². The molecule has 476 valence electrons. The first kappa shape index (κ1) is 59.0. The van der Waals surface area contributed by atoms with Crippen molar-refractivity contribution in [3.63, 3.8) is 0 Å². The van der Waals surface area contributed by atoms with E-state index in [0.29, 0.717) is 5.95 Å². The Bertz CT molecular complexity index is 6750. The van der Waals surface area contributed by atoms with E-state index in [1.807, 2.05) is 54.6 Å². The van der Waals surface area contributed by atoms with Gasteiger partial charge in [-0.15, -0.1) is 0 Å². The number of nitrogens with zero attached hydrogens (tertiary/aromatic N) is 5. The van der Waals surface area contributed by atoms with Gasteiger partial charge in [0.15, 0.2) is 0 Å². The van der Waals surface area contributed by atoms with Gasteiger partial charge >= 0.3 is 0 Å². The number of aromatic nitrogens is 5. The zero-order valence-electron chi connectivity index (χ0n) is 56.2. The molecule has 101 heavy (non-hydrogen) atoms. The third-order valence-electron chi connectivity index (χ3n) is 22.2. The Morgan fingerprint density at radius 1 is 0.267 bits per heavy atom. The van der Waals surface area contributed by atoms with Crippen LogP contribution in [0.4, 0.5) is 0 Å². The van der Waals surface area contributed by atoms with E-state index >= 15 is 0 Å². The summed E-state index contributed by atoms with van der Waals surface area (Å²) in [6.45, 7) is 9.45. The highest BCUT2D eigenvalue weighted by molar-refractivity contribution is 6.30. The molecule has 16 aromatic carbocycles. The average molecular weight is 1310 g/mol. The number of hydrogen-bond acceptors (Lipinski definition) is 4. The van der Waals surface area contributed by atoms with E-state index in [1.165, 1.54) is 142 Å². The molecule has 3 aromatic heterocycles. The molecule has 0 saturated heterocycles. The maximum absolute atomic E-state index is 5.95. The second-order valence-corrected chi connectivity index (χ2v) is 28.8. The standard InChI is InChI=1S/C47H31N3.C34H24.C14H9ClN2/c1-47(2)40-22-12-10-20-33(40)37-25-39-38-24-35-31-18-8-6-16-29(31)30-17-7-9-19-32(30)36(35)26-43(38)50(44(39)27-41(37)47)46-48-42-23-13-11-21-34(42)45(49-46)28-14-4-3-5-15-28;1-34(2)32-14-8-7-13-26(32)31-19-28-21(17-33(31)34)15-20-16-29-24-11-5-3-9-22(24)23-10-4-6-12-25(23)30(29)18-27(20)28;15-14-16-12-9-5-4-8-11(12)13(17-14)10-6-2-1-3-7-10/h3-27H,1-2H3;3-14,16-19H,15H2,1-2H3;1-9H. The highest BCUT2D eigenvalue weighted by atomic mass is 35.5. The molecule has 3 aliphatic rings. The molecule has 0 aliphatic heterocycles. The molecule has 0 saturated carbocycles. The molecule has 0 bridgehead atoms. The van der Waals surface area contributed by atoms with Crippen LogP contribution in [0.15, 0.2) is 303 Å². The minimum atomic E-state index is -0.141. The Kier molecular flexibility index (Phi) is 13.1. The lowest BCUT2D eigenvalue weighted by Crippen LogP contribution is -2.15. The van der Waals surface area contributed by atoms with Crippen LogP contribution in [0.3, 0.4) is 0 Å². The molecule has 0 N–H and O–H groups in total. The van der Waals surface area contributed by atoms with Crippen molar-refractivity contribution in [2.75, 3.05) is 0 Å². The molecule has 5 nitrogen and oxygen atoms in total. The summed E-state index contributed by atoms with van der Waals surface area (Å²) >= 11 is 5.95. The van der Waals surface area contributed by atoms with Crippen LogP contribution in [-0.4, -0.2) is 24.5 Å². The minimum Gasteiger partial charge on any atom is -0.278 e. The van der Waals surface area contributed by atoms with Crippen molar-refractivity contribution in [3.05, 3.63) is 342 Å². The van der Waals surface area contributed by atoms with E-state index in [4.69, 9.17) is 21.6 Å². The molecule has 0 atom stereocenters. The van der Waals surface area contributed by atoms with Gasteiger partial charge in [0.25, 0.3) is 0 Å². The number of para-hydroxylation sites is 2. The van der Waals surface area contributed by atoms with Crippen LogP contribution in [0.1, 0.15) is 61.1 Å². The average Bonchev–Trinajstić information content (AvgIpc) is 1.58. The molecule has 0 spiro atoms. The maximum Gasteiger partial charge on any atom is 0.235 e. The van der Waals surface area contributed by atoms with Gasteiger partial charge in [-0.2, -0.15) is 0 Å². The van der Waals surface area contributed by atoms with E-state index in [2.05, 4.69) is 291 Å². The molecule has 0 radical (unpaired) electrons. The summed E-state index contributed by atoms with van der Waals surface area (Å²) in [6, 6.07) is 110. The Morgan fingerprint density at radius 3 is 1.18 bits per heavy atom. The van der Waals surface area contributed by atoms with Gasteiger partial charge in [0.2, 0.25) is 11.2 Å². The second-order valence-electron chi connectivity index (χ2n) is 28.5. The molecule has 3 heterocycles. The molecular weight excluding hydrogens is 1250 g/mol. The quantitative estimate of drug-likeness (QED) is 0.131. The van der Waals surface area contributed by atoms with Crippen LogP contribution in [0, 0.1) is 0 Å². The largest absolute Gasteiger partial charge is 0.278 e. The van der Waals surface area contributed by atoms with Gasteiger partial charge in [0.1, 0.15) is 0 Å². The number of benzene rings is 16. The summed E-state index contributed by atoms with van der Waals surface area (Å²) in [4.78, 5) is 19.3. The fraction of sp³-hybridized carbons (Fsp3) is 0.0737. The van der Waals surface area contributed by atoms with E-state index in [-0.39, 0.29) is 16.1 Å². The Morgan fingerprint density at radius 2 is 0.634 bits per heavy atom. The van der Waals surface area contributed by atoms with Crippen molar-refractivity contribution in [2.45, 2.75) is 44.9 Å². The fourth-order valence-electron chi connectivity index (χ4n) is 17.5. The van der Waals surface area contributed by atoms with E-state index in [9.17, 15) is 0 Å². The lowest BCUT2D eigenvalue weighted by atomic mass is 9.81. The first-order chi connectivity index (χ1) is 49.5. The summed E-state index contributed by atoms with van der Waals surface area (Å²) in [7, 11) is 0. The van der Waals surface area contributed by atoms with Gasteiger partial charge in [-0.25, -0.2) is 19.9 Å². The van der Waals surface area contributed by atoms with Crippen molar-refractivity contribution in [1.82, 2.24) is 24.5 Å². The number of fused-ring (bicyclic) bond motifs is 26. The number of rotatable bonds is 3. The summed E-state index contributed by atoms with van der Waals surface area (Å²) in [5.41, 5.74) is 24.7. The van der Waals surface area contributed by atoms with Crippen molar-refractivity contribution in [2.24, 2.45) is 0 Å². The second kappa shape index (κ2) is 22.4. The van der Waals surface area contributed by atoms with E-state index < -0.39 is 0 Å². The Balaban J connectivity index is 0.000000115. The monoisotopic (exact) mass is 1310 g/mol. The summed E-state index contributed by atoms with van der Waals surface area (Å²) < 4.78 is 2.33. The lowest BCUT2D eigenvalue weighted by Gasteiger charge is -2.22. The van der Waals surface area contributed by atoms with E-state index in [1.54, 1.807) is 0 Å². The predicted octanol–water partition coefficient (Wildman–Crippen LogP) is 25.1. The lowest BCUT2D eigenvalue weighted by molar-refractivity contribution is 0.659. The molecule has 19 aromatic rings. The summed E-state index contributed by atoms with van der Waals surface area (Å²) in [5, 5.41) is 20.4. The minimum absolute atomic E-state index is 0.0485. The van der Waals surface area contributed by atoms with Crippen LogP contribution in [0.25, 0.3) is 170 Å². The Hall–Kier alpha value is -12.2. The smallest absolute Gasteiger partial charge is 0.235 e. The van der Waals surface area contributed by atoms with Crippen molar-refractivity contribution in [1.29, 1.82) is 0 Å². The van der Waals surface area contributed by atoms with Crippen LogP contribution in [0.2, 0.25) is 5.28 Å². The van der Waals surface area contributed by atoms with E-state index in [0.717, 1.165) is 61.8 Å². The molecule has 0 fully saturated rings. The highest BCUT2D eigenvalue weighted by Crippen LogP contribution is 2.55. The van der Waals surface area contributed by atoms with Gasteiger partial charge in [0, 0.05) is 43.5 Å². The highest BCUT2D eigenvalue weighted by Gasteiger charge is 2.39. The van der Waals surface area contributed by atoms with Crippen molar-refractivity contribution >= 4 is 120 Å². The first-order valence-electron chi connectivity index (χ1n) is 34.9. The Labute approximate surface area is 589 Å². The van der Waals surface area contributed by atoms with Crippen molar-refractivity contribution < 1.29 is 0 Å². The number of hydrogen-bond donors (Lipinski definition) is 0. The third-order valence-corrected chi connectivity index (χ3v) is 22.4. The molecule has 6 heteroatoms. The van der Waals surface area contributed by atoms with Gasteiger partial charge in [-0.3, -0.25) is 4.57 Å². The molecule has 0 unspecified atom stereocenters. The first-order valence-corrected chi connectivity index (χ1v) is 35.3. The molecule has 0 amide bonds. The third kappa shape index (κ3) is 9.02. The van der Waals surface area contributed by atoms with Crippen LogP contribution in [-0.2, 0) is 17.3 Å². The van der Waals surface area contributed by atoms with Crippen LogP contribution >= 0.6 is 11.6 Å². The van der Waals surface area contributed by atoms with Gasteiger partial charge in [0.05, 0.1) is 33.5 Å². The predicted molar refractivity (Wildman–Crippen MR) is 424 cm³/mol.